The van der Waals surface area contributed by atoms with Gasteiger partial charge in [-0.05, 0) is 25.3 Å². The molecule has 1 atom stereocenters. The minimum absolute atomic E-state index is 0.155. The van der Waals surface area contributed by atoms with Gasteiger partial charge in [-0.15, -0.1) is 11.6 Å². The maximum Gasteiger partial charge on any atom is 0.307 e. The predicted octanol–water partition coefficient (Wildman–Crippen LogP) is 3.66. The van der Waals surface area contributed by atoms with Gasteiger partial charge >= 0.3 is 5.97 Å². The molecule has 0 saturated carbocycles. The molecule has 0 radical (unpaired) electrons. The number of carbonyl (C=O) groups excluding carboxylic acids is 1. The quantitative estimate of drug-likeness (QED) is 0.312. The maximum atomic E-state index is 10.5. The van der Waals surface area contributed by atoms with Crippen molar-refractivity contribution in [3.63, 3.8) is 0 Å². The molecular weight excluding hydrogens is 212 g/mol. The Morgan fingerprint density at radius 3 is 2.47 bits per heavy atom. The van der Waals surface area contributed by atoms with Crippen LogP contribution in [-0.4, -0.2) is 11.3 Å². The van der Waals surface area contributed by atoms with Crippen LogP contribution in [0.15, 0.2) is 24.0 Å². The van der Waals surface area contributed by atoms with Crippen LogP contribution in [0, 0.1) is 5.92 Å². The zero-order valence-electron chi connectivity index (χ0n) is 9.79. The third-order valence-corrected chi connectivity index (χ3v) is 2.64. The maximum absolute atomic E-state index is 10.5. The molecule has 3 heteroatoms. The molecule has 0 bridgehead atoms. The number of hydrogen-bond acceptors (Lipinski definition) is 2. The smallest absolute Gasteiger partial charge is 0.307 e. The minimum Gasteiger partial charge on any atom is -0.435 e. The van der Waals surface area contributed by atoms with Crippen LogP contribution >= 0.6 is 11.6 Å². The second kappa shape index (κ2) is 7.52. The number of hydrogen-bond donors (Lipinski definition) is 0. The van der Waals surface area contributed by atoms with Crippen molar-refractivity contribution in [1.29, 1.82) is 0 Å². The third-order valence-electron chi connectivity index (χ3n) is 1.95. The summed E-state index contributed by atoms with van der Waals surface area (Å²) in [6, 6.07) is 0. The Balaban J connectivity index is 3.98. The minimum atomic E-state index is -0.309. The number of halogens is 1. The topological polar surface area (TPSA) is 26.3 Å². The number of allylic oxidation sites excluding steroid dienone is 3. The highest BCUT2D eigenvalue weighted by Gasteiger charge is 2.06. The van der Waals surface area contributed by atoms with Crippen molar-refractivity contribution in [3.05, 3.63) is 24.0 Å². The zero-order valence-corrected chi connectivity index (χ0v) is 10.5. The van der Waals surface area contributed by atoms with Crippen LogP contribution in [0.4, 0.5) is 0 Å². The van der Waals surface area contributed by atoms with Gasteiger partial charge in [0.15, 0.2) is 0 Å². The van der Waals surface area contributed by atoms with E-state index in [2.05, 4.69) is 18.6 Å². The summed E-state index contributed by atoms with van der Waals surface area (Å²) in [5, 5.41) is 0.155. The summed E-state index contributed by atoms with van der Waals surface area (Å²) in [7, 11) is 0. The lowest BCUT2D eigenvalue weighted by Gasteiger charge is -2.10. The summed E-state index contributed by atoms with van der Waals surface area (Å²) in [6.07, 6.45) is 6.02. The molecule has 0 aromatic heterocycles. The Kier molecular flexibility index (Phi) is 7.14. The lowest BCUT2D eigenvalue weighted by molar-refractivity contribution is -0.135. The summed E-state index contributed by atoms with van der Waals surface area (Å²) in [4.78, 5) is 10.5. The van der Waals surface area contributed by atoms with E-state index in [1.807, 2.05) is 13.0 Å². The molecule has 0 rings (SSSR count). The predicted molar refractivity (Wildman–Crippen MR) is 63.8 cm³/mol. The molecule has 1 unspecified atom stereocenters. The number of ether oxygens (including phenoxy) is 1. The lowest BCUT2D eigenvalue weighted by Crippen LogP contribution is -2.05. The first-order valence-corrected chi connectivity index (χ1v) is 5.51. The Bertz CT molecular complexity index is 254. The highest BCUT2D eigenvalue weighted by Crippen LogP contribution is 2.15. The highest BCUT2D eigenvalue weighted by molar-refractivity contribution is 6.20. The molecule has 15 heavy (non-hydrogen) atoms. The first-order valence-electron chi connectivity index (χ1n) is 5.08. The van der Waals surface area contributed by atoms with E-state index in [1.54, 1.807) is 6.08 Å². The van der Waals surface area contributed by atoms with Crippen molar-refractivity contribution < 1.29 is 9.53 Å². The normalized spacial score (nSPS) is 14.7. The molecule has 0 heterocycles. The molecule has 0 aliphatic rings. The fraction of sp³-hybridized carbons (Fsp3) is 0.583. The molecular formula is C12H19ClO2. The van der Waals surface area contributed by atoms with Gasteiger partial charge in [0.1, 0.15) is 0 Å². The SMILES string of the molecule is CC(=O)O/C=C/C(C)=C/CC(Cl)C(C)C. The van der Waals surface area contributed by atoms with Crippen molar-refractivity contribution in [3.8, 4) is 0 Å². The van der Waals surface area contributed by atoms with Gasteiger partial charge in [-0.1, -0.05) is 25.5 Å². The molecule has 0 N–H and O–H groups in total. The van der Waals surface area contributed by atoms with Crippen LogP contribution in [0.1, 0.15) is 34.1 Å². The van der Waals surface area contributed by atoms with Crippen LogP contribution in [0.5, 0.6) is 0 Å². The van der Waals surface area contributed by atoms with Gasteiger partial charge in [0, 0.05) is 12.3 Å². The van der Waals surface area contributed by atoms with Gasteiger partial charge in [0.25, 0.3) is 0 Å². The fourth-order valence-corrected chi connectivity index (χ4v) is 0.965. The molecule has 2 nitrogen and oxygen atoms in total. The van der Waals surface area contributed by atoms with Crippen LogP contribution in [0.3, 0.4) is 0 Å². The second-order valence-corrected chi connectivity index (χ2v) is 4.42. The number of alkyl halides is 1. The summed E-state index contributed by atoms with van der Waals surface area (Å²) >= 11 is 6.09. The van der Waals surface area contributed by atoms with Crippen molar-refractivity contribution in [1.82, 2.24) is 0 Å². The van der Waals surface area contributed by atoms with E-state index in [1.165, 1.54) is 13.2 Å². The van der Waals surface area contributed by atoms with E-state index in [0.717, 1.165) is 12.0 Å². The molecule has 0 aliphatic heterocycles. The van der Waals surface area contributed by atoms with Gasteiger partial charge in [-0.2, -0.15) is 0 Å². The average Bonchev–Trinajstić information content (AvgIpc) is 2.13. The summed E-state index contributed by atoms with van der Waals surface area (Å²) in [5.74, 6) is 0.157. The lowest BCUT2D eigenvalue weighted by atomic mass is 10.1. The Hall–Kier alpha value is -0.760. The molecule has 0 aromatic carbocycles. The van der Waals surface area contributed by atoms with Gasteiger partial charge in [0.05, 0.1) is 6.26 Å². The van der Waals surface area contributed by atoms with Gasteiger partial charge in [-0.25, -0.2) is 0 Å². The molecule has 86 valence electrons. The first kappa shape index (κ1) is 14.2. The molecule has 0 aromatic rings. The highest BCUT2D eigenvalue weighted by atomic mass is 35.5. The number of esters is 1. The Morgan fingerprint density at radius 2 is 2.00 bits per heavy atom. The monoisotopic (exact) mass is 230 g/mol. The van der Waals surface area contributed by atoms with Crippen molar-refractivity contribution in [2.75, 3.05) is 0 Å². The van der Waals surface area contributed by atoms with E-state index < -0.39 is 0 Å². The van der Waals surface area contributed by atoms with Gasteiger partial charge in [-0.3, -0.25) is 4.79 Å². The first-order chi connectivity index (χ1) is 6.93. The second-order valence-electron chi connectivity index (χ2n) is 3.86. The van der Waals surface area contributed by atoms with Crippen LogP contribution < -0.4 is 0 Å². The zero-order chi connectivity index (χ0) is 11.8. The molecule has 0 saturated heterocycles. The largest absolute Gasteiger partial charge is 0.435 e. The van der Waals surface area contributed by atoms with Crippen molar-refractivity contribution in [2.45, 2.75) is 39.5 Å². The molecule has 0 spiro atoms. The Morgan fingerprint density at radius 1 is 1.40 bits per heavy atom. The van der Waals surface area contributed by atoms with E-state index in [0.29, 0.717) is 5.92 Å². The number of rotatable bonds is 5. The van der Waals surface area contributed by atoms with Crippen LogP contribution in [-0.2, 0) is 9.53 Å². The molecule has 0 fully saturated rings. The van der Waals surface area contributed by atoms with E-state index >= 15 is 0 Å². The van der Waals surface area contributed by atoms with Gasteiger partial charge in [0.2, 0.25) is 0 Å². The van der Waals surface area contributed by atoms with E-state index in [-0.39, 0.29) is 11.3 Å². The summed E-state index contributed by atoms with van der Waals surface area (Å²) < 4.78 is 4.67. The standard InChI is InChI=1S/C12H19ClO2/c1-9(2)12(13)6-5-10(3)7-8-15-11(4)14/h5,7-9,12H,6H2,1-4H3/b8-7+,10-5+. The number of carbonyl (C=O) groups is 1. The summed E-state index contributed by atoms with van der Waals surface area (Å²) in [6.45, 7) is 7.51. The molecule has 0 aliphatic carbocycles. The molecule has 0 amide bonds. The van der Waals surface area contributed by atoms with Crippen molar-refractivity contribution in [2.24, 2.45) is 5.92 Å². The third kappa shape index (κ3) is 8.25. The summed E-state index contributed by atoms with van der Waals surface area (Å²) in [5.41, 5.74) is 1.04. The van der Waals surface area contributed by atoms with Gasteiger partial charge < -0.3 is 4.74 Å². The van der Waals surface area contributed by atoms with Crippen LogP contribution in [0.2, 0.25) is 0 Å². The van der Waals surface area contributed by atoms with Crippen molar-refractivity contribution >= 4 is 17.6 Å². The average molecular weight is 231 g/mol. The fourth-order valence-electron chi connectivity index (χ4n) is 0.876. The van der Waals surface area contributed by atoms with E-state index in [9.17, 15) is 4.79 Å². The van der Waals surface area contributed by atoms with E-state index in [4.69, 9.17) is 11.6 Å². The van der Waals surface area contributed by atoms with Crippen LogP contribution in [0.25, 0.3) is 0 Å². The Labute approximate surface area is 97.0 Å².